The van der Waals surface area contributed by atoms with E-state index in [0.29, 0.717) is 0 Å². The minimum Gasteiger partial charge on any atom is -0.384 e. The van der Waals surface area contributed by atoms with Crippen LogP contribution in [0.25, 0.3) is 0 Å². The molecule has 1 amide bonds. The summed E-state index contributed by atoms with van der Waals surface area (Å²) in [6.07, 6.45) is -4.07. The van der Waals surface area contributed by atoms with Gasteiger partial charge in [-0.15, -0.1) is 0 Å². The highest BCUT2D eigenvalue weighted by Gasteiger charge is 2.65. The molecule has 16 heavy (non-hydrogen) atoms. The Labute approximate surface area is 88.8 Å². The molecule has 1 saturated carbocycles. The lowest BCUT2D eigenvalue weighted by atomic mass is 9.77. The van der Waals surface area contributed by atoms with Crippen molar-refractivity contribution in [3.8, 4) is 0 Å². The molecule has 0 radical (unpaired) electrons. The number of amides is 1. The van der Waals surface area contributed by atoms with Crippen LogP contribution in [-0.2, 0) is 4.79 Å². The lowest BCUT2D eigenvalue weighted by Crippen LogP contribution is -2.54. The van der Waals surface area contributed by atoms with E-state index < -0.39 is 42.2 Å². The number of aliphatic hydroxyl groups excluding tert-OH is 1. The number of rotatable bonds is 0. The standard InChI is InChI=1S/C9H11F4NO2/c10-8(11)3-1-7(2-4-8)5(15)9(12,13)6(16)14-7/h5,15H,1-4H2,(H,14,16). The predicted octanol–water partition coefficient (Wildman–Crippen LogP) is 1.06. The van der Waals surface area contributed by atoms with Crippen molar-refractivity contribution in [2.24, 2.45) is 0 Å². The second-order valence-corrected chi connectivity index (χ2v) is 4.49. The van der Waals surface area contributed by atoms with Gasteiger partial charge < -0.3 is 10.4 Å². The summed E-state index contributed by atoms with van der Waals surface area (Å²) in [5.41, 5.74) is -1.58. The second-order valence-electron chi connectivity index (χ2n) is 4.49. The highest BCUT2D eigenvalue weighted by molar-refractivity contribution is 5.88. The van der Waals surface area contributed by atoms with E-state index in [1.165, 1.54) is 0 Å². The molecule has 0 aromatic heterocycles. The molecule has 2 N–H and O–H groups in total. The van der Waals surface area contributed by atoms with Crippen molar-refractivity contribution in [2.45, 2.75) is 49.2 Å². The highest BCUT2D eigenvalue weighted by atomic mass is 19.3. The Kier molecular flexibility index (Phi) is 2.24. The van der Waals surface area contributed by atoms with Gasteiger partial charge in [-0.3, -0.25) is 4.79 Å². The molecule has 1 spiro atoms. The molecular weight excluding hydrogens is 230 g/mol. The van der Waals surface area contributed by atoms with Crippen LogP contribution in [0.15, 0.2) is 0 Å². The summed E-state index contributed by atoms with van der Waals surface area (Å²) in [4.78, 5) is 10.9. The van der Waals surface area contributed by atoms with Gasteiger partial charge in [0.25, 0.3) is 5.91 Å². The fourth-order valence-electron chi connectivity index (χ4n) is 2.31. The predicted molar refractivity (Wildman–Crippen MR) is 45.2 cm³/mol. The van der Waals surface area contributed by atoms with Crippen molar-refractivity contribution in [1.29, 1.82) is 0 Å². The topological polar surface area (TPSA) is 49.3 Å². The summed E-state index contributed by atoms with van der Waals surface area (Å²) >= 11 is 0. The summed E-state index contributed by atoms with van der Waals surface area (Å²) in [6, 6.07) is 0. The Balaban J connectivity index is 2.21. The van der Waals surface area contributed by atoms with Crippen molar-refractivity contribution in [3.05, 3.63) is 0 Å². The number of nitrogens with one attached hydrogen (secondary N) is 1. The molecule has 1 aliphatic carbocycles. The summed E-state index contributed by atoms with van der Waals surface area (Å²) in [6.45, 7) is 0. The SMILES string of the molecule is O=C1NC2(CCC(F)(F)CC2)C(O)C1(F)F. The maximum Gasteiger partial charge on any atom is 0.351 e. The van der Waals surface area contributed by atoms with Crippen LogP contribution in [0.3, 0.4) is 0 Å². The van der Waals surface area contributed by atoms with Crippen LogP contribution in [0.5, 0.6) is 0 Å². The fourth-order valence-corrected chi connectivity index (χ4v) is 2.31. The molecule has 1 aliphatic heterocycles. The van der Waals surface area contributed by atoms with Crippen molar-refractivity contribution in [3.63, 3.8) is 0 Å². The third kappa shape index (κ3) is 1.49. The van der Waals surface area contributed by atoms with E-state index in [9.17, 15) is 27.5 Å². The second kappa shape index (κ2) is 3.09. The van der Waals surface area contributed by atoms with Crippen LogP contribution in [0.1, 0.15) is 25.7 Å². The first-order chi connectivity index (χ1) is 7.20. The molecule has 1 saturated heterocycles. The minimum atomic E-state index is -3.88. The van der Waals surface area contributed by atoms with Crippen molar-refractivity contribution < 1.29 is 27.5 Å². The van der Waals surface area contributed by atoms with Crippen LogP contribution in [0, 0.1) is 0 Å². The summed E-state index contributed by atoms with van der Waals surface area (Å²) in [5, 5.41) is 11.4. The van der Waals surface area contributed by atoms with E-state index in [-0.39, 0.29) is 12.8 Å². The highest BCUT2D eigenvalue weighted by Crippen LogP contribution is 2.46. The molecule has 92 valence electrons. The first-order valence-electron chi connectivity index (χ1n) is 4.96. The van der Waals surface area contributed by atoms with Gasteiger partial charge >= 0.3 is 5.92 Å². The van der Waals surface area contributed by atoms with E-state index in [4.69, 9.17) is 0 Å². The first kappa shape index (κ1) is 11.6. The van der Waals surface area contributed by atoms with E-state index in [2.05, 4.69) is 0 Å². The van der Waals surface area contributed by atoms with Crippen LogP contribution in [0.2, 0.25) is 0 Å². The Morgan fingerprint density at radius 2 is 1.62 bits per heavy atom. The normalized spacial score (nSPS) is 35.1. The van der Waals surface area contributed by atoms with Gasteiger partial charge in [0.2, 0.25) is 5.92 Å². The van der Waals surface area contributed by atoms with Gasteiger partial charge in [-0.2, -0.15) is 8.78 Å². The van der Waals surface area contributed by atoms with E-state index in [1.807, 2.05) is 5.32 Å². The quantitative estimate of drug-likeness (QED) is 0.623. The van der Waals surface area contributed by atoms with Gasteiger partial charge in [-0.25, -0.2) is 8.78 Å². The maximum absolute atomic E-state index is 13.1. The molecule has 0 aromatic rings. The van der Waals surface area contributed by atoms with E-state index in [1.54, 1.807) is 0 Å². The van der Waals surface area contributed by atoms with Crippen LogP contribution >= 0.6 is 0 Å². The van der Waals surface area contributed by atoms with Crippen molar-refractivity contribution >= 4 is 5.91 Å². The lowest BCUT2D eigenvalue weighted by Gasteiger charge is -2.38. The van der Waals surface area contributed by atoms with Gasteiger partial charge in [0.15, 0.2) is 0 Å². The third-order valence-corrected chi connectivity index (χ3v) is 3.41. The number of alkyl halides is 4. The molecule has 2 fully saturated rings. The number of carbonyl (C=O) groups excluding carboxylic acids is 1. The first-order valence-corrected chi connectivity index (χ1v) is 4.96. The van der Waals surface area contributed by atoms with Crippen molar-refractivity contribution in [1.82, 2.24) is 5.32 Å². The zero-order valence-corrected chi connectivity index (χ0v) is 8.27. The van der Waals surface area contributed by atoms with Crippen LogP contribution < -0.4 is 5.32 Å². The average Bonchev–Trinajstić information content (AvgIpc) is 2.35. The monoisotopic (exact) mass is 241 g/mol. The summed E-state index contributed by atoms with van der Waals surface area (Å²) in [5.74, 6) is -8.36. The molecule has 0 bridgehead atoms. The molecule has 0 aromatic carbocycles. The van der Waals surface area contributed by atoms with Crippen LogP contribution in [-0.4, -0.2) is 34.5 Å². The minimum absolute atomic E-state index is 0.331. The van der Waals surface area contributed by atoms with Gasteiger partial charge in [-0.05, 0) is 12.8 Å². The Hall–Kier alpha value is -0.850. The summed E-state index contributed by atoms with van der Waals surface area (Å²) < 4.78 is 52.0. The van der Waals surface area contributed by atoms with E-state index in [0.717, 1.165) is 0 Å². The molecule has 3 nitrogen and oxygen atoms in total. The number of hydrogen-bond acceptors (Lipinski definition) is 2. The number of hydrogen-bond donors (Lipinski definition) is 2. The fraction of sp³-hybridized carbons (Fsp3) is 0.889. The Morgan fingerprint density at radius 3 is 2.00 bits per heavy atom. The summed E-state index contributed by atoms with van der Waals surface area (Å²) in [7, 11) is 0. The lowest BCUT2D eigenvalue weighted by molar-refractivity contribution is -0.154. The molecule has 1 atom stereocenters. The molecule has 2 rings (SSSR count). The number of carbonyl (C=O) groups is 1. The van der Waals surface area contributed by atoms with Crippen molar-refractivity contribution in [2.75, 3.05) is 0 Å². The van der Waals surface area contributed by atoms with Gasteiger partial charge in [-0.1, -0.05) is 0 Å². The third-order valence-electron chi connectivity index (χ3n) is 3.41. The zero-order chi connectivity index (χ0) is 12.2. The molecule has 1 unspecified atom stereocenters. The maximum atomic E-state index is 13.1. The molecule has 1 heterocycles. The number of aliphatic hydroxyl groups is 1. The van der Waals surface area contributed by atoms with Gasteiger partial charge in [0.05, 0.1) is 5.54 Å². The number of halogens is 4. The van der Waals surface area contributed by atoms with E-state index >= 15 is 0 Å². The van der Waals surface area contributed by atoms with Gasteiger partial charge in [0, 0.05) is 12.8 Å². The molecular formula is C9H11F4NO2. The Morgan fingerprint density at radius 1 is 1.12 bits per heavy atom. The molecule has 7 heteroatoms. The largest absolute Gasteiger partial charge is 0.384 e. The van der Waals surface area contributed by atoms with Gasteiger partial charge in [0.1, 0.15) is 6.10 Å². The average molecular weight is 241 g/mol. The zero-order valence-electron chi connectivity index (χ0n) is 8.27. The Bertz CT molecular complexity index is 321. The smallest absolute Gasteiger partial charge is 0.351 e. The van der Waals surface area contributed by atoms with Crippen LogP contribution in [0.4, 0.5) is 17.6 Å². The molecule has 2 aliphatic rings.